The summed E-state index contributed by atoms with van der Waals surface area (Å²) in [6, 6.07) is 10.2. The zero-order chi connectivity index (χ0) is 16.5. The number of hydrogen-bond acceptors (Lipinski definition) is 6. The predicted molar refractivity (Wildman–Crippen MR) is 91.2 cm³/mol. The van der Waals surface area contributed by atoms with Crippen molar-refractivity contribution in [2.75, 3.05) is 12.4 Å². The second-order valence-corrected chi connectivity index (χ2v) is 5.84. The first-order valence-corrected chi connectivity index (χ1v) is 7.98. The molecule has 0 radical (unpaired) electrons. The van der Waals surface area contributed by atoms with Gasteiger partial charge in [0, 0.05) is 6.07 Å². The van der Waals surface area contributed by atoms with Crippen LogP contribution >= 0.6 is 11.3 Å². The van der Waals surface area contributed by atoms with Gasteiger partial charge in [-0.2, -0.15) is 0 Å². The maximum Gasteiger partial charge on any atom is 0.209 e. The SMILES string of the molecule is COc1cc2nc(-c3ccccc3F)[nH]c2cc1Nc1nncs1. The van der Waals surface area contributed by atoms with E-state index < -0.39 is 0 Å². The number of halogens is 1. The highest BCUT2D eigenvalue weighted by atomic mass is 32.1. The van der Waals surface area contributed by atoms with Crippen LogP contribution in [0, 0.1) is 5.82 Å². The minimum Gasteiger partial charge on any atom is -0.494 e. The van der Waals surface area contributed by atoms with Crippen molar-refractivity contribution in [3.05, 3.63) is 47.7 Å². The standard InChI is InChI=1S/C16H12FN5OS/c1-23-14-7-12-11(6-13(14)21-16-22-18-8-24-16)19-15(20-12)9-4-2-3-5-10(9)17/h2-8H,1H3,(H,19,20)(H,21,22). The summed E-state index contributed by atoms with van der Waals surface area (Å²) < 4.78 is 19.4. The molecule has 0 atom stereocenters. The number of ether oxygens (including phenoxy) is 1. The van der Waals surface area contributed by atoms with Crippen LogP contribution in [0.1, 0.15) is 0 Å². The van der Waals surface area contributed by atoms with Crippen LogP contribution in [-0.4, -0.2) is 27.3 Å². The van der Waals surface area contributed by atoms with Gasteiger partial charge in [0.15, 0.2) is 0 Å². The largest absolute Gasteiger partial charge is 0.494 e. The molecule has 24 heavy (non-hydrogen) atoms. The summed E-state index contributed by atoms with van der Waals surface area (Å²) in [5, 5.41) is 11.6. The second kappa shape index (κ2) is 5.89. The topological polar surface area (TPSA) is 75.7 Å². The van der Waals surface area contributed by atoms with E-state index in [4.69, 9.17) is 4.74 Å². The Balaban J connectivity index is 1.81. The first kappa shape index (κ1) is 14.6. The monoisotopic (exact) mass is 341 g/mol. The summed E-state index contributed by atoms with van der Waals surface area (Å²) in [6.07, 6.45) is 0. The molecule has 4 rings (SSSR count). The molecule has 0 saturated heterocycles. The number of methoxy groups -OCH3 is 1. The Hall–Kier alpha value is -3.00. The molecule has 2 aromatic carbocycles. The van der Waals surface area contributed by atoms with Crippen molar-refractivity contribution < 1.29 is 9.13 Å². The summed E-state index contributed by atoms with van der Waals surface area (Å²) in [5.41, 5.74) is 4.24. The highest BCUT2D eigenvalue weighted by Crippen LogP contribution is 2.33. The molecule has 0 spiro atoms. The Labute approximate surface area is 140 Å². The number of H-pyrrole nitrogens is 1. The number of benzene rings is 2. The Morgan fingerprint density at radius 3 is 2.88 bits per heavy atom. The van der Waals surface area contributed by atoms with Gasteiger partial charge in [0.2, 0.25) is 5.13 Å². The van der Waals surface area contributed by atoms with Crippen molar-refractivity contribution in [1.82, 2.24) is 20.2 Å². The molecule has 120 valence electrons. The number of hydrogen-bond donors (Lipinski definition) is 2. The number of nitrogens with one attached hydrogen (secondary N) is 2. The Kier molecular flexibility index (Phi) is 3.58. The van der Waals surface area contributed by atoms with Crippen molar-refractivity contribution in [3.63, 3.8) is 0 Å². The average molecular weight is 341 g/mol. The number of aromatic nitrogens is 4. The summed E-state index contributed by atoms with van der Waals surface area (Å²) in [7, 11) is 1.58. The van der Waals surface area contributed by atoms with Gasteiger partial charge in [0.05, 0.1) is 29.4 Å². The Morgan fingerprint density at radius 1 is 1.25 bits per heavy atom. The molecule has 0 unspecified atom stereocenters. The number of nitrogens with zero attached hydrogens (tertiary/aromatic N) is 3. The van der Waals surface area contributed by atoms with Crippen LogP contribution in [0.4, 0.5) is 15.2 Å². The van der Waals surface area contributed by atoms with Gasteiger partial charge in [-0.05, 0) is 18.2 Å². The van der Waals surface area contributed by atoms with E-state index in [-0.39, 0.29) is 5.82 Å². The van der Waals surface area contributed by atoms with Crippen LogP contribution in [0.25, 0.3) is 22.4 Å². The lowest BCUT2D eigenvalue weighted by atomic mass is 10.2. The van der Waals surface area contributed by atoms with Crippen molar-refractivity contribution >= 4 is 33.2 Å². The lowest BCUT2D eigenvalue weighted by molar-refractivity contribution is 0.417. The fraction of sp³-hybridized carbons (Fsp3) is 0.0625. The minimum atomic E-state index is -0.323. The zero-order valence-electron chi connectivity index (χ0n) is 12.6. The molecule has 2 N–H and O–H groups in total. The van der Waals surface area contributed by atoms with Gasteiger partial charge in [0.25, 0.3) is 0 Å². The van der Waals surface area contributed by atoms with Gasteiger partial charge in [-0.3, -0.25) is 0 Å². The number of anilines is 2. The highest BCUT2D eigenvalue weighted by Gasteiger charge is 2.13. The van der Waals surface area contributed by atoms with Crippen molar-refractivity contribution in [1.29, 1.82) is 0 Å². The Morgan fingerprint density at radius 2 is 2.12 bits per heavy atom. The van der Waals surface area contributed by atoms with Crippen molar-refractivity contribution in [2.45, 2.75) is 0 Å². The molecule has 0 saturated carbocycles. The van der Waals surface area contributed by atoms with Crippen LogP contribution in [0.5, 0.6) is 5.75 Å². The van der Waals surface area contributed by atoms with Crippen molar-refractivity contribution in [2.24, 2.45) is 0 Å². The van der Waals surface area contributed by atoms with Crippen LogP contribution in [0.3, 0.4) is 0 Å². The Bertz CT molecular complexity index is 999. The van der Waals surface area contributed by atoms with Gasteiger partial charge >= 0.3 is 0 Å². The molecule has 6 nitrogen and oxygen atoms in total. The molecule has 0 aliphatic rings. The summed E-state index contributed by atoms with van der Waals surface area (Å²) in [5.74, 6) is 0.762. The van der Waals surface area contributed by atoms with Gasteiger partial charge in [-0.15, -0.1) is 10.2 Å². The third-order valence-electron chi connectivity index (χ3n) is 3.53. The maximum atomic E-state index is 14.0. The first-order chi connectivity index (χ1) is 11.7. The normalized spacial score (nSPS) is 10.9. The molecule has 8 heteroatoms. The van der Waals surface area contributed by atoms with E-state index in [1.54, 1.807) is 36.9 Å². The summed E-state index contributed by atoms with van der Waals surface area (Å²) in [4.78, 5) is 7.61. The van der Waals surface area contributed by atoms with Gasteiger partial charge in [-0.25, -0.2) is 9.37 Å². The quantitative estimate of drug-likeness (QED) is 0.587. The number of rotatable bonds is 4. The maximum absolute atomic E-state index is 14.0. The van der Waals surface area contributed by atoms with Crippen molar-refractivity contribution in [3.8, 4) is 17.1 Å². The van der Waals surface area contributed by atoms with E-state index >= 15 is 0 Å². The third-order valence-corrected chi connectivity index (χ3v) is 4.14. The average Bonchev–Trinajstić information content (AvgIpc) is 3.23. The predicted octanol–water partition coefficient (Wildman–Crippen LogP) is 3.97. The summed E-state index contributed by atoms with van der Waals surface area (Å²) in [6.45, 7) is 0. The van der Waals surface area contributed by atoms with E-state index in [2.05, 4.69) is 25.5 Å². The van der Waals surface area contributed by atoms with Crippen LogP contribution in [0.15, 0.2) is 41.9 Å². The van der Waals surface area contributed by atoms with Gasteiger partial charge in [0.1, 0.15) is 22.9 Å². The molecule has 4 aromatic rings. The van der Waals surface area contributed by atoms with E-state index in [9.17, 15) is 4.39 Å². The molecule has 0 bridgehead atoms. The third kappa shape index (κ3) is 2.56. The molecule has 0 aliphatic carbocycles. The van der Waals surface area contributed by atoms with Crippen LogP contribution < -0.4 is 10.1 Å². The number of aromatic amines is 1. The lowest BCUT2D eigenvalue weighted by Crippen LogP contribution is -1.94. The number of fused-ring (bicyclic) bond motifs is 1. The van der Waals surface area contributed by atoms with E-state index in [1.165, 1.54) is 17.4 Å². The molecular weight excluding hydrogens is 329 g/mol. The molecule has 0 amide bonds. The fourth-order valence-corrected chi connectivity index (χ4v) is 2.89. The molecule has 2 aromatic heterocycles. The molecule has 2 heterocycles. The van der Waals surface area contributed by atoms with E-state index in [0.29, 0.717) is 27.8 Å². The van der Waals surface area contributed by atoms with Gasteiger partial charge in [-0.1, -0.05) is 23.5 Å². The second-order valence-electron chi connectivity index (χ2n) is 5.00. The zero-order valence-corrected chi connectivity index (χ0v) is 13.4. The fourth-order valence-electron chi connectivity index (χ4n) is 2.43. The van der Waals surface area contributed by atoms with E-state index in [1.807, 2.05) is 6.07 Å². The smallest absolute Gasteiger partial charge is 0.209 e. The van der Waals surface area contributed by atoms with Crippen LogP contribution in [-0.2, 0) is 0 Å². The molecule has 0 fully saturated rings. The van der Waals surface area contributed by atoms with E-state index in [0.717, 1.165) is 11.2 Å². The minimum absolute atomic E-state index is 0.323. The van der Waals surface area contributed by atoms with Crippen LogP contribution in [0.2, 0.25) is 0 Å². The lowest BCUT2D eigenvalue weighted by Gasteiger charge is -2.08. The number of imidazole rings is 1. The molecular formula is C16H12FN5OS. The summed E-state index contributed by atoms with van der Waals surface area (Å²) >= 11 is 1.38. The van der Waals surface area contributed by atoms with Gasteiger partial charge < -0.3 is 15.0 Å². The highest BCUT2D eigenvalue weighted by molar-refractivity contribution is 7.13. The molecule has 0 aliphatic heterocycles. The first-order valence-electron chi connectivity index (χ1n) is 7.10.